The van der Waals surface area contributed by atoms with Crippen LogP contribution in [0, 0.1) is 13.8 Å². The molecule has 0 aliphatic heterocycles. The van der Waals surface area contributed by atoms with Crippen LogP contribution in [0.15, 0.2) is 46.2 Å². The largest absolute Gasteiger partial charge is 0.494 e. The number of nitrogens with one attached hydrogen (secondary N) is 1. The average molecular weight is 423 g/mol. The second kappa shape index (κ2) is 9.45. The van der Waals surface area contributed by atoms with E-state index in [4.69, 9.17) is 4.74 Å². The van der Waals surface area contributed by atoms with Gasteiger partial charge in [-0.15, -0.1) is 11.8 Å². The number of carbonyl (C=O) groups excluding carboxylic acids is 1. The van der Waals surface area contributed by atoms with Crippen molar-refractivity contribution in [2.24, 2.45) is 0 Å². The Balaban J connectivity index is 2.10. The average Bonchev–Trinajstić information content (AvgIpc) is 2.64. The summed E-state index contributed by atoms with van der Waals surface area (Å²) in [5, 5.41) is 2.84. The van der Waals surface area contributed by atoms with Crippen molar-refractivity contribution < 1.29 is 17.9 Å². The highest BCUT2D eigenvalue weighted by atomic mass is 32.2. The minimum absolute atomic E-state index is 0.162. The molecule has 0 aliphatic rings. The maximum absolute atomic E-state index is 12.4. The predicted molar refractivity (Wildman–Crippen MR) is 114 cm³/mol. The monoisotopic (exact) mass is 422 g/mol. The van der Waals surface area contributed by atoms with Gasteiger partial charge in [0.25, 0.3) is 0 Å². The lowest BCUT2D eigenvalue weighted by Gasteiger charge is -2.16. The van der Waals surface area contributed by atoms with Crippen molar-refractivity contribution in [3.63, 3.8) is 0 Å². The first-order valence-electron chi connectivity index (χ1n) is 8.84. The molecule has 0 heterocycles. The molecule has 1 N–H and O–H groups in total. The van der Waals surface area contributed by atoms with Crippen LogP contribution in [-0.4, -0.2) is 45.1 Å². The molecular formula is C20H26N2O4S2. The van der Waals surface area contributed by atoms with Crippen LogP contribution in [0.4, 0.5) is 5.69 Å². The van der Waals surface area contributed by atoms with Crippen LogP contribution in [0.3, 0.4) is 0 Å². The van der Waals surface area contributed by atoms with Gasteiger partial charge in [0.1, 0.15) is 5.75 Å². The van der Waals surface area contributed by atoms with Crippen LogP contribution in [0.1, 0.15) is 18.1 Å². The van der Waals surface area contributed by atoms with Crippen LogP contribution >= 0.6 is 11.8 Å². The summed E-state index contributed by atoms with van der Waals surface area (Å²) in [4.78, 5) is 13.5. The summed E-state index contributed by atoms with van der Waals surface area (Å²) in [7, 11) is -0.609. The molecule has 0 radical (unpaired) electrons. The number of thioether (sulfide) groups is 1. The Labute approximate surface area is 171 Å². The molecule has 2 aromatic carbocycles. The fourth-order valence-electron chi connectivity index (χ4n) is 2.45. The highest BCUT2D eigenvalue weighted by molar-refractivity contribution is 8.00. The number of amides is 1. The molecule has 6 nitrogen and oxygen atoms in total. The van der Waals surface area contributed by atoms with Crippen LogP contribution in [-0.2, 0) is 14.8 Å². The Bertz CT molecular complexity index is 939. The van der Waals surface area contributed by atoms with E-state index in [9.17, 15) is 13.2 Å². The van der Waals surface area contributed by atoms with Gasteiger partial charge in [-0.1, -0.05) is 0 Å². The molecule has 28 heavy (non-hydrogen) atoms. The van der Waals surface area contributed by atoms with Gasteiger partial charge in [-0.3, -0.25) is 4.79 Å². The minimum atomic E-state index is -3.57. The van der Waals surface area contributed by atoms with Gasteiger partial charge in [0.05, 0.1) is 17.3 Å². The molecule has 0 unspecified atom stereocenters. The van der Waals surface area contributed by atoms with E-state index in [2.05, 4.69) is 5.32 Å². The summed E-state index contributed by atoms with van der Waals surface area (Å²) in [6.45, 7) is 6.22. The molecule has 0 spiro atoms. The summed E-state index contributed by atoms with van der Waals surface area (Å²) in [6.07, 6.45) is 0. The van der Waals surface area contributed by atoms with Gasteiger partial charge in [0, 0.05) is 24.7 Å². The molecule has 0 saturated heterocycles. The Morgan fingerprint density at radius 2 is 1.79 bits per heavy atom. The van der Waals surface area contributed by atoms with E-state index in [1.807, 2.05) is 45.0 Å². The van der Waals surface area contributed by atoms with Gasteiger partial charge in [0.15, 0.2) is 0 Å². The number of rotatable bonds is 8. The molecule has 0 fully saturated rings. The highest BCUT2D eigenvalue weighted by Gasteiger charge is 2.20. The number of sulfonamides is 1. The van der Waals surface area contributed by atoms with Gasteiger partial charge in [-0.25, -0.2) is 12.7 Å². The van der Waals surface area contributed by atoms with E-state index in [1.54, 1.807) is 6.07 Å². The van der Waals surface area contributed by atoms with E-state index in [1.165, 1.54) is 31.9 Å². The van der Waals surface area contributed by atoms with Crippen molar-refractivity contribution in [3.05, 3.63) is 47.5 Å². The second-order valence-corrected chi connectivity index (χ2v) is 9.64. The van der Waals surface area contributed by atoms with Crippen molar-refractivity contribution in [1.82, 2.24) is 4.31 Å². The fourth-order valence-corrected chi connectivity index (χ4v) is 4.16. The highest BCUT2D eigenvalue weighted by Crippen LogP contribution is 2.26. The van der Waals surface area contributed by atoms with Crippen LogP contribution < -0.4 is 10.1 Å². The molecule has 1 amide bonds. The molecular weight excluding hydrogens is 396 g/mol. The van der Waals surface area contributed by atoms with Gasteiger partial charge in [-0.2, -0.15) is 0 Å². The van der Waals surface area contributed by atoms with Crippen molar-refractivity contribution >= 4 is 33.4 Å². The Hall–Kier alpha value is -2.03. The molecule has 2 rings (SSSR count). The zero-order valence-corrected chi connectivity index (χ0v) is 18.4. The van der Waals surface area contributed by atoms with E-state index in [-0.39, 0.29) is 16.6 Å². The fraction of sp³-hybridized carbons (Fsp3) is 0.350. The van der Waals surface area contributed by atoms with E-state index in [0.717, 1.165) is 26.1 Å². The third-order valence-electron chi connectivity index (χ3n) is 4.20. The van der Waals surface area contributed by atoms with Gasteiger partial charge in [0.2, 0.25) is 15.9 Å². The first kappa shape index (κ1) is 22.3. The summed E-state index contributed by atoms with van der Waals surface area (Å²) in [5.41, 5.74) is 2.16. The van der Waals surface area contributed by atoms with Crippen molar-refractivity contribution in [3.8, 4) is 5.75 Å². The maximum Gasteiger partial charge on any atom is 0.242 e. The summed E-state index contributed by atoms with van der Waals surface area (Å²) < 4.78 is 31.4. The molecule has 0 saturated carbocycles. The summed E-state index contributed by atoms with van der Waals surface area (Å²) in [6, 6.07) is 10.7. The van der Waals surface area contributed by atoms with E-state index in [0.29, 0.717) is 12.3 Å². The first-order chi connectivity index (χ1) is 13.1. The quantitative estimate of drug-likeness (QED) is 0.657. The van der Waals surface area contributed by atoms with Crippen molar-refractivity contribution in [1.29, 1.82) is 0 Å². The zero-order chi connectivity index (χ0) is 20.9. The van der Waals surface area contributed by atoms with Gasteiger partial charge in [-0.05, 0) is 68.3 Å². The number of aryl methyl sites for hydroxylation is 1. The number of nitrogens with zero attached hydrogens (tertiary/aromatic N) is 1. The van der Waals surface area contributed by atoms with Gasteiger partial charge >= 0.3 is 0 Å². The Kier molecular flexibility index (Phi) is 7.51. The molecule has 0 aromatic heterocycles. The number of benzene rings is 2. The smallest absolute Gasteiger partial charge is 0.242 e. The van der Waals surface area contributed by atoms with Crippen LogP contribution in [0.25, 0.3) is 0 Å². The second-order valence-electron chi connectivity index (χ2n) is 6.44. The molecule has 2 aromatic rings. The molecule has 0 atom stereocenters. The molecule has 0 bridgehead atoms. The van der Waals surface area contributed by atoms with Gasteiger partial charge < -0.3 is 10.1 Å². The lowest BCUT2D eigenvalue weighted by atomic mass is 10.1. The summed E-state index contributed by atoms with van der Waals surface area (Å²) >= 11 is 1.41. The number of carbonyl (C=O) groups is 1. The topological polar surface area (TPSA) is 75.7 Å². The lowest BCUT2D eigenvalue weighted by Crippen LogP contribution is -2.23. The number of hydrogen-bond acceptors (Lipinski definition) is 5. The third-order valence-corrected chi connectivity index (χ3v) is 7.00. The van der Waals surface area contributed by atoms with Crippen molar-refractivity contribution in [2.75, 3.05) is 31.8 Å². The molecule has 0 aliphatic carbocycles. The number of anilines is 1. The number of hydrogen-bond donors (Lipinski definition) is 1. The number of ether oxygens (including phenoxy) is 1. The predicted octanol–water partition coefficient (Wildman–Crippen LogP) is 3.68. The van der Waals surface area contributed by atoms with E-state index < -0.39 is 10.0 Å². The minimum Gasteiger partial charge on any atom is -0.494 e. The van der Waals surface area contributed by atoms with Crippen LogP contribution in [0.5, 0.6) is 5.75 Å². The van der Waals surface area contributed by atoms with Crippen LogP contribution in [0.2, 0.25) is 0 Å². The Morgan fingerprint density at radius 1 is 1.14 bits per heavy atom. The standard InChI is InChI=1S/C20H26N2O4S2/c1-6-26-16-7-9-17(10-8-16)27-13-20(23)21-19-12-18(11-14(2)15(19)3)28(24,25)22(4)5/h7-12H,6,13H2,1-5H3,(H,21,23). The van der Waals surface area contributed by atoms with E-state index >= 15 is 0 Å². The molecule has 152 valence electrons. The normalized spacial score (nSPS) is 11.5. The lowest BCUT2D eigenvalue weighted by molar-refractivity contribution is -0.113. The van der Waals surface area contributed by atoms with Crippen molar-refractivity contribution in [2.45, 2.75) is 30.6 Å². The Morgan fingerprint density at radius 3 is 2.36 bits per heavy atom. The zero-order valence-electron chi connectivity index (χ0n) is 16.8. The first-order valence-corrected chi connectivity index (χ1v) is 11.3. The molecule has 8 heteroatoms. The summed E-state index contributed by atoms with van der Waals surface area (Å²) in [5.74, 6) is 0.819. The maximum atomic E-state index is 12.4. The SMILES string of the molecule is CCOc1ccc(SCC(=O)Nc2cc(S(=O)(=O)N(C)C)cc(C)c2C)cc1. The third kappa shape index (κ3) is 5.50.